The van der Waals surface area contributed by atoms with Gasteiger partial charge >= 0.3 is 146 Å². The van der Waals surface area contributed by atoms with Gasteiger partial charge in [0.15, 0.2) is 0 Å². The predicted molar refractivity (Wildman–Crippen MR) is 92.3 cm³/mol. The number of aliphatic hydroxyl groups excluding tert-OH is 1. The van der Waals surface area contributed by atoms with E-state index in [1.807, 2.05) is 30.3 Å². The van der Waals surface area contributed by atoms with Crippen molar-refractivity contribution >= 4 is 19.4 Å². The maximum atomic E-state index is 13.2. The van der Waals surface area contributed by atoms with Gasteiger partial charge in [-0.2, -0.15) is 0 Å². The van der Waals surface area contributed by atoms with Gasteiger partial charge in [0.2, 0.25) is 0 Å². The predicted octanol–water partition coefficient (Wildman–Crippen LogP) is 3.77. The standard InChI is InChI=1S/C20H16F2OSe/c21-16-10-6-14(7-11-16)19(23)20(15-8-12-17(22)13-9-15)24-18-4-2-1-3-5-18/h1-13,19-20,23H/t19-,20-/m1/s1. The van der Waals surface area contributed by atoms with Gasteiger partial charge in [-0.05, 0) is 0 Å². The van der Waals surface area contributed by atoms with E-state index in [2.05, 4.69) is 0 Å². The summed E-state index contributed by atoms with van der Waals surface area (Å²) in [6, 6.07) is 22.0. The molecule has 0 aliphatic carbocycles. The van der Waals surface area contributed by atoms with Crippen LogP contribution in [-0.2, 0) is 0 Å². The Morgan fingerprint density at radius 2 is 1.17 bits per heavy atom. The third-order valence-corrected chi connectivity index (χ3v) is 6.49. The topological polar surface area (TPSA) is 20.2 Å². The van der Waals surface area contributed by atoms with E-state index in [9.17, 15) is 13.9 Å². The molecule has 1 nitrogen and oxygen atoms in total. The Bertz CT molecular complexity index is 773. The van der Waals surface area contributed by atoms with Crippen molar-refractivity contribution in [3.05, 3.63) is 102 Å². The van der Waals surface area contributed by atoms with E-state index in [-0.39, 0.29) is 31.4 Å². The Morgan fingerprint density at radius 1 is 0.667 bits per heavy atom. The molecule has 4 heteroatoms. The van der Waals surface area contributed by atoms with Crippen LogP contribution in [0.15, 0.2) is 78.9 Å². The van der Waals surface area contributed by atoms with Crippen LogP contribution in [0.1, 0.15) is 22.0 Å². The second-order valence-corrected chi connectivity index (χ2v) is 7.95. The van der Waals surface area contributed by atoms with Crippen molar-refractivity contribution in [2.75, 3.05) is 0 Å². The van der Waals surface area contributed by atoms with Crippen molar-refractivity contribution in [3.63, 3.8) is 0 Å². The van der Waals surface area contributed by atoms with Gasteiger partial charge in [0, 0.05) is 0 Å². The molecule has 122 valence electrons. The first-order chi connectivity index (χ1) is 11.6. The summed E-state index contributed by atoms with van der Waals surface area (Å²) in [5.74, 6) is -0.640. The minimum atomic E-state index is -0.781. The van der Waals surface area contributed by atoms with E-state index in [1.54, 1.807) is 24.3 Å². The molecule has 0 bridgehead atoms. The zero-order valence-corrected chi connectivity index (χ0v) is 14.5. The SMILES string of the molecule is O[C@H](c1ccc(F)cc1)[C@H]([Se]c1ccccc1)c1ccc(F)cc1. The van der Waals surface area contributed by atoms with E-state index in [4.69, 9.17) is 0 Å². The van der Waals surface area contributed by atoms with Gasteiger partial charge in [0.1, 0.15) is 0 Å². The fraction of sp³-hybridized carbons (Fsp3) is 0.100. The van der Waals surface area contributed by atoms with E-state index in [0.29, 0.717) is 5.56 Å². The molecular formula is C20H16F2OSe. The Hall–Kier alpha value is -2.00. The molecule has 3 aromatic carbocycles. The maximum absolute atomic E-state index is 13.2. The zero-order valence-electron chi connectivity index (χ0n) is 12.8. The van der Waals surface area contributed by atoms with Crippen LogP contribution in [0, 0.1) is 11.6 Å². The summed E-state index contributed by atoms with van der Waals surface area (Å²) < 4.78 is 27.5. The Labute approximate surface area is 146 Å². The molecular weight excluding hydrogens is 373 g/mol. The quantitative estimate of drug-likeness (QED) is 0.659. The molecule has 0 fully saturated rings. The molecule has 24 heavy (non-hydrogen) atoms. The van der Waals surface area contributed by atoms with Crippen LogP contribution >= 0.6 is 0 Å². The zero-order chi connectivity index (χ0) is 16.9. The van der Waals surface area contributed by atoms with Crippen molar-refractivity contribution < 1.29 is 13.9 Å². The fourth-order valence-corrected chi connectivity index (χ4v) is 4.94. The first-order valence-corrected chi connectivity index (χ1v) is 9.39. The Kier molecular flexibility index (Phi) is 5.41. The number of benzene rings is 3. The van der Waals surface area contributed by atoms with Crippen molar-refractivity contribution in [1.29, 1.82) is 0 Å². The number of hydrogen-bond acceptors (Lipinski definition) is 1. The summed E-state index contributed by atoms with van der Waals surface area (Å²) in [7, 11) is 0. The van der Waals surface area contributed by atoms with Crippen molar-refractivity contribution in [2.45, 2.75) is 10.9 Å². The Balaban J connectivity index is 1.94. The molecule has 0 aromatic heterocycles. The van der Waals surface area contributed by atoms with Crippen LogP contribution in [0.5, 0.6) is 0 Å². The van der Waals surface area contributed by atoms with Gasteiger partial charge in [-0.1, -0.05) is 0 Å². The molecule has 3 aromatic rings. The van der Waals surface area contributed by atoms with Crippen LogP contribution in [0.3, 0.4) is 0 Å². The van der Waals surface area contributed by atoms with Gasteiger partial charge in [0.05, 0.1) is 0 Å². The number of hydrogen-bond donors (Lipinski definition) is 1. The molecule has 2 atom stereocenters. The molecule has 0 saturated carbocycles. The summed E-state index contributed by atoms with van der Waals surface area (Å²) in [6.45, 7) is 0. The first-order valence-electron chi connectivity index (χ1n) is 7.54. The van der Waals surface area contributed by atoms with Crippen molar-refractivity contribution in [2.24, 2.45) is 0 Å². The van der Waals surface area contributed by atoms with Crippen LogP contribution in [0.25, 0.3) is 0 Å². The van der Waals surface area contributed by atoms with Crippen LogP contribution in [0.2, 0.25) is 0 Å². The molecule has 0 unspecified atom stereocenters. The van der Waals surface area contributed by atoms with Crippen LogP contribution in [-0.4, -0.2) is 20.1 Å². The molecule has 0 saturated heterocycles. The van der Waals surface area contributed by atoms with Gasteiger partial charge in [-0.3, -0.25) is 0 Å². The number of halogens is 2. The summed E-state index contributed by atoms with van der Waals surface area (Å²) >= 11 is -0.0626. The summed E-state index contributed by atoms with van der Waals surface area (Å²) in [6.07, 6.45) is -0.781. The third-order valence-electron chi connectivity index (χ3n) is 3.70. The normalized spacial score (nSPS) is 13.5. The first kappa shape index (κ1) is 16.8. The Morgan fingerprint density at radius 3 is 1.71 bits per heavy atom. The van der Waals surface area contributed by atoms with Gasteiger partial charge < -0.3 is 0 Å². The molecule has 0 aliphatic rings. The molecule has 0 amide bonds. The van der Waals surface area contributed by atoms with Gasteiger partial charge in [-0.15, -0.1) is 0 Å². The van der Waals surface area contributed by atoms with E-state index in [1.165, 1.54) is 24.3 Å². The van der Waals surface area contributed by atoms with E-state index < -0.39 is 6.10 Å². The van der Waals surface area contributed by atoms with Crippen molar-refractivity contribution in [1.82, 2.24) is 0 Å². The summed E-state index contributed by atoms with van der Waals surface area (Å²) in [5, 5.41) is 10.9. The average Bonchev–Trinajstić information content (AvgIpc) is 2.62. The van der Waals surface area contributed by atoms with Crippen molar-refractivity contribution in [3.8, 4) is 0 Å². The molecule has 0 spiro atoms. The van der Waals surface area contributed by atoms with E-state index >= 15 is 0 Å². The van der Waals surface area contributed by atoms with Crippen LogP contribution < -0.4 is 4.46 Å². The average molecular weight is 389 g/mol. The molecule has 3 rings (SSSR count). The fourth-order valence-electron chi connectivity index (χ4n) is 2.45. The van der Waals surface area contributed by atoms with Gasteiger partial charge in [-0.25, -0.2) is 0 Å². The molecule has 0 aliphatic heterocycles. The summed E-state index contributed by atoms with van der Waals surface area (Å²) in [4.78, 5) is -0.189. The molecule has 1 N–H and O–H groups in total. The summed E-state index contributed by atoms with van der Waals surface area (Å²) in [5.41, 5.74) is 1.53. The second-order valence-electron chi connectivity index (χ2n) is 5.40. The number of rotatable bonds is 5. The monoisotopic (exact) mass is 390 g/mol. The van der Waals surface area contributed by atoms with Crippen LogP contribution in [0.4, 0.5) is 8.78 Å². The molecule has 0 radical (unpaired) electrons. The van der Waals surface area contributed by atoms with E-state index in [0.717, 1.165) is 10.0 Å². The number of aliphatic hydroxyl groups is 1. The van der Waals surface area contributed by atoms with Gasteiger partial charge in [0.25, 0.3) is 0 Å². The third kappa shape index (κ3) is 4.09. The second kappa shape index (κ2) is 7.71. The minimum absolute atomic E-state index is 0.0626. The molecule has 0 heterocycles.